The van der Waals surface area contributed by atoms with Crippen molar-refractivity contribution in [2.75, 3.05) is 18.0 Å². The normalized spacial score (nSPS) is 20.9. The van der Waals surface area contributed by atoms with Crippen LogP contribution in [0.3, 0.4) is 0 Å². The van der Waals surface area contributed by atoms with Crippen LogP contribution in [-0.4, -0.2) is 43.1 Å². The van der Waals surface area contributed by atoms with Crippen LogP contribution in [0.2, 0.25) is 0 Å². The fraction of sp³-hybridized carbons (Fsp3) is 0.286. The number of para-hydroxylation sites is 1. The summed E-state index contributed by atoms with van der Waals surface area (Å²) < 4.78 is 29.6. The van der Waals surface area contributed by atoms with E-state index in [9.17, 15) is 8.42 Å². The molecular weight excluding hydrogens is 374 g/mol. The number of piperazine rings is 1. The van der Waals surface area contributed by atoms with Gasteiger partial charge in [-0.15, -0.1) is 0 Å². The minimum absolute atomic E-state index is 0.0666. The van der Waals surface area contributed by atoms with E-state index in [0.29, 0.717) is 12.1 Å². The van der Waals surface area contributed by atoms with Crippen molar-refractivity contribution in [1.82, 2.24) is 10.3 Å². The topological polar surface area (TPSA) is 82.5 Å². The largest absolute Gasteiger partial charge is 0.351 e. The van der Waals surface area contributed by atoms with Crippen molar-refractivity contribution in [3.8, 4) is 0 Å². The number of aromatic nitrogens is 1. The van der Waals surface area contributed by atoms with Crippen LogP contribution in [-0.2, 0) is 10.1 Å². The lowest BCUT2D eigenvalue weighted by Crippen LogP contribution is -2.43. The maximum Gasteiger partial charge on any atom is 0.294 e. The van der Waals surface area contributed by atoms with Crippen LogP contribution in [0.4, 0.5) is 5.82 Å². The molecule has 2 aliphatic heterocycles. The average molecular weight is 398 g/mol. The number of aryl methyl sites for hydroxylation is 1. The van der Waals surface area contributed by atoms with E-state index in [1.165, 1.54) is 23.9 Å². The highest BCUT2D eigenvalue weighted by atomic mass is 32.2. The predicted molar refractivity (Wildman–Crippen MR) is 110 cm³/mol. The van der Waals surface area contributed by atoms with Crippen molar-refractivity contribution in [2.24, 2.45) is 0 Å². The Morgan fingerprint density at radius 1 is 1.07 bits per heavy atom. The second kappa shape index (κ2) is 7.50. The van der Waals surface area contributed by atoms with Gasteiger partial charge in [0.05, 0.1) is 10.4 Å². The Kier molecular flexibility index (Phi) is 5.05. The first-order valence-electron chi connectivity index (χ1n) is 9.30. The zero-order valence-electron chi connectivity index (χ0n) is 15.6. The molecular formula is C21H23N3O3S. The first-order chi connectivity index (χ1) is 13.4. The average Bonchev–Trinajstić information content (AvgIpc) is 3.31. The maximum atomic E-state index is 10.5. The lowest BCUT2D eigenvalue weighted by atomic mass is 10.2. The molecule has 3 aromatic rings. The number of benzene rings is 2. The van der Waals surface area contributed by atoms with E-state index in [1.54, 1.807) is 12.1 Å². The van der Waals surface area contributed by atoms with E-state index in [-0.39, 0.29) is 4.90 Å². The molecule has 5 rings (SSSR count). The lowest BCUT2D eigenvalue weighted by Gasteiger charge is -2.28. The Bertz CT molecular complexity index is 1080. The summed E-state index contributed by atoms with van der Waals surface area (Å²) in [5.41, 5.74) is 2.05. The molecule has 146 valence electrons. The smallest absolute Gasteiger partial charge is 0.294 e. The Morgan fingerprint density at radius 3 is 2.46 bits per heavy atom. The van der Waals surface area contributed by atoms with E-state index in [0.717, 1.165) is 30.0 Å². The van der Waals surface area contributed by atoms with E-state index < -0.39 is 10.1 Å². The van der Waals surface area contributed by atoms with E-state index in [1.807, 2.05) is 6.92 Å². The zero-order chi connectivity index (χ0) is 19.7. The first-order valence-corrected chi connectivity index (χ1v) is 10.7. The molecule has 3 heterocycles. The molecule has 2 N–H and O–H groups in total. The van der Waals surface area contributed by atoms with Gasteiger partial charge in [0.1, 0.15) is 5.82 Å². The molecule has 0 saturated carbocycles. The summed E-state index contributed by atoms with van der Waals surface area (Å²) in [4.78, 5) is 7.16. The van der Waals surface area contributed by atoms with E-state index >= 15 is 0 Å². The molecule has 0 radical (unpaired) electrons. The summed E-state index contributed by atoms with van der Waals surface area (Å²) >= 11 is 0. The second-order valence-corrected chi connectivity index (χ2v) is 8.72. The molecule has 2 aliphatic rings. The zero-order valence-corrected chi connectivity index (χ0v) is 16.4. The highest BCUT2D eigenvalue weighted by Gasteiger charge is 2.38. The highest BCUT2D eigenvalue weighted by Crippen LogP contribution is 2.29. The van der Waals surface area contributed by atoms with Gasteiger partial charge >= 0.3 is 0 Å². The summed E-state index contributed by atoms with van der Waals surface area (Å²) in [6, 6.07) is 20.0. The van der Waals surface area contributed by atoms with Crippen molar-refractivity contribution in [1.29, 1.82) is 0 Å². The molecule has 2 fully saturated rings. The summed E-state index contributed by atoms with van der Waals surface area (Å²) in [6.07, 6.45) is 1.27. The van der Waals surface area contributed by atoms with Crippen LogP contribution >= 0.6 is 0 Å². The fourth-order valence-electron chi connectivity index (χ4n) is 3.77. The third-order valence-corrected chi connectivity index (χ3v) is 6.12. The molecule has 28 heavy (non-hydrogen) atoms. The van der Waals surface area contributed by atoms with Crippen LogP contribution < -0.4 is 10.2 Å². The molecule has 2 atom stereocenters. The van der Waals surface area contributed by atoms with Gasteiger partial charge in [-0.2, -0.15) is 8.42 Å². The van der Waals surface area contributed by atoms with Crippen LogP contribution in [0.25, 0.3) is 10.9 Å². The van der Waals surface area contributed by atoms with Gasteiger partial charge in [0.25, 0.3) is 10.1 Å². The van der Waals surface area contributed by atoms with E-state index in [4.69, 9.17) is 9.54 Å². The van der Waals surface area contributed by atoms with Gasteiger partial charge in [0, 0.05) is 30.6 Å². The first kappa shape index (κ1) is 18.9. The predicted octanol–water partition coefficient (Wildman–Crippen LogP) is 3.03. The minimum Gasteiger partial charge on any atom is -0.351 e. The SMILES string of the molecule is Cc1ccc(S(=O)(=O)O)cc1.c1ccc2nc(N3C[C@@H]4C[C@H]3CN4)ccc2c1. The van der Waals surface area contributed by atoms with Gasteiger partial charge in [-0.3, -0.25) is 4.55 Å². The fourth-order valence-corrected chi connectivity index (χ4v) is 4.25. The standard InChI is InChI=1S/C14H15N3.C7H8O3S/c1-2-4-13-10(3-1)5-6-14(16-13)17-9-11-7-12(17)8-15-11;1-6-2-4-7(5-3-6)11(8,9)10/h1-6,11-12,15H,7-9H2;2-5H,1H3,(H,8,9,10)/t11-,12-;/m0./s1. The Morgan fingerprint density at radius 2 is 1.82 bits per heavy atom. The van der Waals surface area contributed by atoms with Crippen molar-refractivity contribution >= 4 is 26.8 Å². The Hall–Kier alpha value is -2.48. The van der Waals surface area contributed by atoms with Crippen molar-refractivity contribution in [2.45, 2.75) is 30.3 Å². The molecule has 0 spiro atoms. The quantitative estimate of drug-likeness (QED) is 0.647. The van der Waals surface area contributed by atoms with Crippen LogP contribution in [0.15, 0.2) is 65.6 Å². The number of nitrogens with one attached hydrogen (secondary N) is 1. The van der Waals surface area contributed by atoms with Crippen LogP contribution in [0.1, 0.15) is 12.0 Å². The van der Waals surface area contributed by atoms with Gasteiger partial charge < -0.3 is 10.2 Å². The number of fused-ring (bicyclic) bond motifs is 3. The van der Waals surface area contributed by atoms with Crippen molar-refractivity contribution in [3.63, 3.8) is 0 Å². The van der Waals surface area contributed by atoms with Gasteiger partial charge in [-0.1, -0.05) is 35.9 Å². The monoisotopic (exact) mass is 397 g/mol. The van der Waals surface area contributed by atoms with Gasteiger partial charge in [0.2, 0.25) is 0 Å². The molecule has 2 saturated heterocycles. The van der Waals surface area contributed by atoms with Gasteiger partial charge in [0.15, 0.2) is 0 Å². The molecule has 7 heteroatoms. The summed E-state index contributed by atoms with van der Waals surface area (Å²) in [5.74, 6) is 1.14. The Balaban J connectivity index is 0.000000153. The summed E-state index contributed by atoms with van der Waals surface area (Å²) in [5, 5.41) is 4.74. The lowest BCUT2D eigenvalue weighted by molar-refractivity contribution is 0.483. The number of pyridine rings is 1. The van der Waals surface area contributed by atoms with Crippen molar-refractivity contribution < 1.29 is 13.0 Å². The third kappa shape index (κ3) is 4.01. The summed E-state index contributed by atoms with van der Waals surface area (Å²) in [7, 11) is -4.02. The molecule has 6 nitrogen and oxygen atoms in total. The molecule has 1 aromatic heterocycles. The van der Waals surface area contributed by atoms with Crippen LogP contribution in [0.5, 0.6) is 0 Å². The van der Waals surface area contributed by atoms with E-state index in [2.05, 4.69) is 46.6 Å². The molecule has 2 aromatic carbocycles. The number of hydrogen-bond acceptors (Lipinski definition) is 5. The Labute approximate surface area is 165 Å². The molecule has 2 bridgehead atoms. The number of nitrogens with zero attached hydrogens (tertiary/aromatic N) is 2. The molecule has 0 unspecified atom stereocenters. The van der Waals surface area contributed by atoms with Crippen molar-refractivity contribution in [3.05, 3.63) is 66.2 Å². The minimum atomic E-state index is -4.02. The summed E-state index contributed by atoms with van der Waals surface area (Å²) in [6.45, 7) is 4.06. The maximum absolute atomic E-state index is 10.5. The number of anilines is 1. The van der Waals surface area contributed by atoms with Crippen LogP contribution in [0, 0.1) is 6.92 Å². The molecule has 0 amide bonds. The number of hydrogen-bond donors (Lipinski definition) is 2. The van der Waals surface area contributed by atoms with Gasteiger partial charge in [-0.05, 0) is 43.7 Å². The second-order valence-electron chi connectivity index (χ2n) is 7.30. The highest BCUT2D eigenvalue weighted by molar-refractivity contribution is 7.85. The molecule has 0 aliphatic carbocycles. The third-order valence-electron chi connectivity index (χ3n) is 5.25. The van der Waals surface area contributed by atoms with Gasteiger partial charge in [-0.25, -0.2) is 4.98 Å². The number of rotatable bonds is 2.